The molecule has 5 heteroatoms. The molecule has 2 heterocycles. The fourth-order valence-corrected chi connectivity index (χ4v) is 1.70. The van der Waals surface area contributed by atoms with E-state index >= 15 is 0 Å². The second-order valence-electron chi connectivity index (χ2n) is 3.32. The van der Waals surface area contributed by atoms with Gasteiger partial charge in [-0.2, -0.15) is 0 Å². The molecule has 0 saturated carbocycles. The van der Waals surface area contributed by atoms with Crippen molar-refractivity contribution in [3.05, 3.63) is 17.7 Å². The molecule has 0 spiro atoms. The smallest absolute Gasteiger partial charge is 0.278 e. The minimum atomic E-state index is -0.404. The van der Waals surface area contributed by atoms with Crippen molar-refractivity contribution < 1.29 is 9.59 Å². The molecule has 1 aliphatic heterocycles. The van der Waals surface area contributed by atoms with Crippen LogP contribution in [0.15, 0.2) is 6.33 Å². The van der Waals surface area contributed by atoms with Crippen molar-refractivity contribution in [2.75, 3.05) is 0 Å². The maximum Gasteiger partial charge on any atom is 0.278 e. The second-order valence-corrected chi connectivity index (χ2v) is 3.32. The lowest BCUT2D eigenvalue weighted by Gasteiger charge is -2.19. The lowest BCUT2D eigenvalue weighted by atomic mass is 9.94. The van der Waals surface area contributed by atoms with Crippen molar-refractivity contribution in [2.45, 2.75) is 25.7 Å². The molecule has 1 atom stereocenters. The molecule has 74 valence electrons. The Kier molecular flexibility index (Phi) is 2.07. The summed E-state index contributed by atoms with van der Waals surface area (Å²) in [4.78, 5) is 29.5. The van der Waals surface area contributed by atoms with Crippen LogP contribution in [0, 0.1) is 0 Å². The van der Waals surface area contributed by atoms with Gasteiger partial charge in [0.05, 0.1) is 17.9 Å². The molecule has 2 N–H and O–H groups in total. The van der Waals surface area contributed by atoms with E-state index in [1.165, 1.54) is 6.33 Å². The van der Waals surface area contributed by atoms with Gasteiger partial charge in [-0.25, -0.2) is 4.98 Å². The number of nitrogens with zero attached hydrogens (tertiary/aromatic N) is 1. The summed E-state index contributed by atoms with van der Waals surface area (Å²) in [5, 5.41) is 2.30. The molecule has 14 heavy (non-hydrogen) atoms. The van der Waals surface area contributed by atoms with Crippen LogP contribution in [0.3, 0.4) is 0 Å². The van der Waals surface area contributed by atoms with Crippen molar-refractivity contribution in [1.82, 2.24) is 15.3 Å². The van der Waals surface area contributed by atoms with E-state index in [4.69, 9.17) is 0 Å². The molecule has 0 radical (unpaired) electrons. The summed E-state index contributed by atoms with van der Waals surface area (Å²) in [7, 11) is 0. The van der Waals surface area contributed by atoms with Crippen LogP contribution in [0.5, 0.6) is 0 Å². The van der Waals surface area contributed by atoms with Crippen molar-refractivity contribution in [2.24, 2.45) is 0 Å². The molecule has 0 saturated heterocycles. The van der Waals surface area contributed by atoms with E-state index in [9.17, 15) is 9.59 Å². The summed E-state index contributed by atoms with van der Waals surface area (Å²) in [5.41, 5.74) is 1.00. The van der Waals surface area contributed by atoms with Crippen LogP contribution in [0.4, 0.5) is 0 Å². The second kappa shape index (κ2) is 3.25. The number of rotatable bonds is 2. The molecule has 2 amide bonds. The molecule has 0 bridgehead atoms. The predicted octanol–water partition coefficient (Wildman–Crippen LogP) is 0.563. The monoisotopic (exact) mass is 193 g/mol. The van der Waals surface area contributed by atoms with Gasteiger partial charge in [0.15, 0.2) is 0 Å². The van der Waals surface area contributed by atoms with E-state index < -0.39 is 5.91 Å². The number of nitrogens with one attached hydrogen (secondary N) is 2. The number of carbonyl (C=O) groups excluding carboxylic acids is 2. The quantitative estimate of drug-likeness (QED) is 0.674. The summed E-state index contributed by atoms with van der Waals surface area (Å²) in [6.45, 7) is 2.00. The molecule has 0 aliphatic carbocycles. The van der Waals surface area contributed by atoms with E-state index in [1.54, 1.807) is 0 Å². The Labute approximate surface area is 80.9 Å². The van der Waals surface area contributed by atoms with E-state index in [2.05, 4.69) is 15.3 Å². The number of hydrogen-bond donors (Lipinski definition) is 2. The predicted molar refractivity (Wildman–Crippen MR) is 48.7 cm³/mol. The number of fused-ring (bicyclic) bond motifs is 1. The third kappa shape index (κ3) is 1.21. The lowest BCUT2D eigenvalue weighted by molar-refractivity contribution is -0.122. The molecule has 0 aromatic carbocycles. The van der Waals surface area contributed by atoms with Crippen LogP contribution in [0.2, 0.25) is 0 Å². The third-order valence-electron chi connectivity index (χ3n) is 2.36. The Morgan fingerprint density at radius 2 is 2.29 bits per heavy atom. The Bertz CT molecular complexity index is 383. The highest BCUT2D eigenvalue weighted by atomic mass is 16.2. The zero-order valence-electron chi connectivity index (χ0n) is 7.83. The highest BCUT2D eigenvalue weighted by Gasteiger charge is 2.33. The number of hydrogen-bond acceptors (Lipinski definition) is 3. The van der Waals surface area contributed by atoms with Gasteiger partial charge >= 0.3 is 0 Å². The summed E-state index contributed by atoms with van der Waals surface area (Å²) in [6.07, 6.45) is 3.07. The summed E-state index contributed by atoms with van der Waals surface area (Å²) in [6, 6.07) is 0. The first-order valence-electron chi connectivity index (χ1n) is 4.62. The number of amides is 2. The molecule has 5 nitrogen and oxygen atoms in total. The highest BCUT2D eigenvalue weighted by molar-refractivity contribution is 6.10. The van der Waals surface area contributed by atoms with Crippen LogP contribution < -0.4 is 5.32 Å². The van der Waals surface area contributed by atoms with E-state index in [-0.39, 0.29) is 11.8 Å². The maximum absolute atomic E-state index is 11.5. The molecular formula is C9H11N3O2. The first-order chi connectivity index (χ1) is 6.74. The number of imidazole rings is 1. The number of H-pyrrole nitrogens is 1. The minimum Gasteiger partial charge on any atom is -0.347 e. The zero-order valence-corrected chi connectivity index (χ0v) is 7.83. The van der Waals surface area contributed by atoms with Gasteiger partial charge in [-0.15, -0.1) is 0 Å². The topological polar surface area (TPSA) is 74.8 Å². The van der Waals surface area contributed by atoms with E-state index in [0.29, 0.717) is 11.4 Å². The average molecular weight is 193 g/mol. The Balaban J connectivity index is 2.41. The molecule has 2 rings (SSSR count). The summed E-state index contributed by atoms with van der Waals surface area (Å²) in [5.74, 6) is -0.887. The number of aromatic nitrogens is 2. The van der Waals surface area contributed by atoms with Gasteiger partial charge in [0.2, 0.25) is 5.91 Å². The molecular weight excluding hydrogens is 182 g/mol. The van der Waals surface area contributed by atoms with Gasteiger partial charge in [-0.3, -0.25) is 14.9 Å². The first-order valence-corrected chi connectivity index (χ1v) is 4.62. The van der Waals surface area contributed by atoms with Crippen molar-refractivity contribution in [3.63, 3.8) is 0 Å². The van der Waals surface area contributed by atoms with Crippen LogP contribution in [-0.4, -0.2) is 21.8 Å². The van der Waals surface area contributed by atoms with E-state index in [1.807, 2.05) is 6.92 Å². The van der Waals surface area contributed by atoms with Crippen molar-refractivity contribution >= 4 is 11.8 Å². The number of carbonyl (C=O) groups is 2. The van der Waals surface area contributed by atoms with Gasteiger partial charge in [0.1, 0.15) is 5.69 Å². The highest BCUT2D eigenvalue weighted by Crippen LogP contribution is 2.25. The van der Waals surface area contributed by atoms with Crippen LogP contribution in [-0.2, 0) is 4.79 Å². The fourth-order valence-electron chi connectivity index (χ4n) is 1.70. The van der Waals surface area contributed by atoms with Gasteiger partial charge in [0.25, 0.3) is 5.91 Å². The third-order valence-corrected chi connectivity index (χ3v) is 2.36. The SMILES string of the molecule is CCCC1C(=O)NC(=O)c2nc[nH]c21. The van der Waals surface area contributed by atoms with Gasteiger partial charge in [-0.1, -0.05) is 13.3 Å². The molecule has 1 aliphatic rings. The van der Waals surface area contributed by atoms with Gasteiger partial charge < -0.3 is 4.98 Å². The number of aromatic amines is 1. The average Bonchev–Trinajstić information content (AvgIpc) is 2.60. The minimum absolute atomic E-state index is 0.228. The normalized spacial score (nSPS) is 20.5. The Morgan fingerprint density at radius 3 is 3.00 bits per heavy atom. The first kappa shape index (κ1) is 8.93. The Morgan fingerprint density at radius 1 is 1.50 bits per heavy atom. The molecule has 0 fully saturated rings. The van der Waals surface area contributed by atoms with E-state index in [0.717, 1.165) is 12.8 Å². The van der Waals surface area contributed by atoms with Crippen LogP contribution in [0.25, 0.3) is 0 Å². The standard InChI is InChI=1S/C9H11N3O2/c1-2-3-5-6-7(11-4-10-6)9(14)12-8(5)13/h4-5H,2-3H2,1H3,(H,10,11)(H,12,13,14). The zero-order chi connectivity index (χ0) is 10.1. The molecule has 1 aromatic heterocycles. The lowest BCUT2D eigenvalue weighted by Crippen LogP contribution is -2.40. The fraction of sp³-hybridized carbons (Fsp3) is 0.444. The van der Waals surface area contributed by atoms with Gasteiger partial charge in [-0.05, 0) is 6.42 Å². The summed E-state index contributed by atoms with van der Waals surface area (Å²) >= 11 is 0. The maximum atomic E-state index is 11.5. The number of imide groups is 1. The largest absolute Gasteiger partial charge is 0.347 e. The van der Waals surface area contributed by atoms with Crippen molar-refractivity contribution in [3.8, 4) is 0 Å². The molecule has 1 aromatic rings. The van der Waals surface area contributed by atoms with Crippen LogP contribution >= 0.6 is 0 Å². The van der Waals surface area contributed by atoms with Crippen molar-refractivity contribution in [1.29, 1.82) is 0 Å². The Hall–Kier alpha value is -1.65. The summed E-state index contributed by atoms with van der Waals surface area (Å²) < 4.78 is 0. The molecule has 1 unspecified atom stereocenters. The van der Waals surface area contributed by atoms with Gasteiger partial charge in [0, 0.05) is 0 Å². The van der Waals surface area contributed by atoms with Crippen LogP contribution in [0.1, 0.15) is 41.9 Å².